The lowest BCUT2D eigenvalue weighted by molar-refractivity contribution is 0.0600. The van der Waals surface area contributed by atoms with Gasteiger partial charge in [-0.15, -0.1) is 0 Å². The van der Waals surface area contributed by atoms with Crippen LogP contribution in [0.5, 0.6) is 5.75 Å². The van der Waals surface area contributed by atoms with Crippen LogP contribution in [-0.4, -0.2) is 43.3 Å². The number of amides is 1. The maximum Gasteiger partial charge on any atom is 0.338 e. The van der Waals surface area contributed by atoms with E-state index in [-0.39, 0.29) is 24.1 Å². The van der Waals surface area contributed by atoms with Gasteiger partial charge in [-0.3, -0.25) is 4.79 Å². The summed E-state index contributed by atoms with van der Waals surface area (Å²) in [7, 11) is 1.29. The highest BCUT2D eigenvalue weighted by Crippen LogP contribution is 2.27. The second kappa shape index (κ2) is 7.97. The molecule has 1 aliphatic carbocycles. The van der Waals surface area contributed by atoms with Gasteiger partial charge in [0, 0.05) is 11.6 Å². The first kappa shape index (κ1) is 17.3. The fourth-order valence-electron chi connectivity index (χ4n) is 2.28. The first-order chi connectivity index (χ1) is 11.0. The van der Waals surface area contributed by atoms with E-state index in [1.54, 1.807) is 19.1 Å². The third-order valence-electron chi connectivity index (χ3n) is 3.95. The lowest BCUT2D eigenvalue weighted by Gasteiger charge is -2.25. The highest BCUT2D eigenvalue weighted by Gasteiger charge is 2.19. The van der Waals surface area contributed by atoms with Gasteiger partial charge in [0.15, 0.2) is 0 Å². The van der Waals surface area contributed by atoms with E-state index in [1.807, 2.05) is 0 Å². The van der Waals surface area contributed by atoms with Gasteiger partial charge in [-0.25, -0.2) is 4.79 Å². The van der Waals surface area contributed by atoms with E-state index >= 15 is 0 Å². The van der Waals surface area contributed by atoms with Crippen LogP contribution in [0.1, 0.15) is 46.9 Å². The summed E-state index contributed by atoms with van der Waals surface area (Å²) < 4.78 is 10.5. The molecule has 0 saturated heterocycles. The summed E-state index contributed by atoms with van der Waals surface area (Å²) in [5.41, 5.74) is 0.567. The number of hydrogen-bond donors (Lipinski definition) is 2. The number of aliphatic hydroxyl groups is 1. The maximum atomic E-state index is 12.2. The van der Waals surface area contributed by atoms with Crippen LogP contribution in [0, 0.1) is 5.92 Å². The minimum absolute atomic E-state index is 0.159. The maximum absolute atomic E-state index is 12.2. The smallest absolute Gasteiger partial charge is 0.338 e. The Morgan fingerprint density at radius 2 is 2.00 bits per heavy atom. The van der Waals surface area contributed by atoms with Crippen molar-refractivity contribution in [2.24, 2.45) is 5.92 Å². The molecule has 1 unspecified atom stereocenters. The van der Waals surface area contributed by atoms with Gasteiger partial charge in [-0.2, -0.15) is 0 Å². The molecule has 1 aromatic rings. The SMILES string of the molecule is COC(=O)c1cc(OCC2CCC2)cc(C(=O)NC(C)CO)c1. The molecule has 6 heteroatoms. The average Bonchev–Trinajstić information content (AvgIpc) is 2.52. The molecule has 1 aromatic carbocycles. The van der Waals surface area contributed by atoms with Crippen molar-refractivity contribution in [1.29, 1.82) is 0 Å². The molecular formula is C17H23NO5. The Balaban J connectivity index is 2.17. The first-order valence-corrected chi connectivity index (χ1v) is 7.81. The van der Waals surface area contributed by atoms with Gasteiger partial charge in [-0.05, 0) is 43.9 Å². The Hall–Kier alpha value is -2.08. The summed E-state index contributed by atoms with van der Waals surface area (Å²) in [5, 5.41) is 11.7. The number of methoxy groups -OCH3 is 1. The average molecular weight is 321 g/mol. The fourth-order valence-corrected chi connectivity index (χ4v) is 2.28. The Kier molecular flexibility index (Phi) is 5.98. The Morgan fingerprint density at radius 3 is 2.57 bits per heavy atom. The number of aliphatic hydroxyl groups excluding tert-OH is 1. The third-order valence-corrected chi connectivity index (χ3v) is 3.95. The lowest BCUT2D eigenvalue weighted by Crippen LogP contribution is -2.35. The van der Waals surface area contributed by atoms with Gasteiger partial charge in [0.05, 0.1) is 25.9 Å². The molecule has 1 fully saturated rings. The highest BCUT2D eigenvalue weighted by molar-refractivity contribution is 5.98. The summed E-state index contributed by atoms with van der Waals surface area (Å²) in [4.78, 5) is 24.0. The molecule has 1 aliphatic rings. The normalized spacial score (nSPS) is 15.4. The van der Waals surface area contributed by atoms with Crippen molar-refractivity contribution in [3.05, 3.63) is 29.3 Å². The second-order valence-electron chi connectivity index (χ2n) is 5.90. The number of rotatable bonds is 7. The fraction of sp³-hybridized carbons (Fsp3) is 0.529. The molecule has 0 aromatic heterocycles. The molecule has 0 heterocycles. The van der Waals surface area contributed by atoms with Gasteiger partial charge in [0.1, 0.15) is 5.75 Å². The minimum Gasteiger partial charge on any atom is -0.493 e. The van der Waals surface area contributed by atoms with E-state index in [0.717, 1.165) is 12.8 Å². The number of esters is 1. The minimum atomic E-state index is -0.525. The van der Waals surface area contributed by atoms with Gasteiger partial charge < -0.3 is 19.9 Å². The highest BCUT2D eigenvalue weighted by atomic mass is 16.5. The summed E-state index contributed by atoms with van der Waals surface area (Å²) in [5.74, 6) is 0.124. The first-order valence-electron chi connectivity index (χ1n) is 7.81. The van der Waals surface area contributed by atoms with Gasteiger partial charge in [0.25, 0.3) is 5.91 Å². The molecule has 126 valence electrons. The zero-order chi connectivity index (χ0) is 16.8. The summed E-state index contributed by atoms with van der Waals surface area (Å²) in [6.45, 7) is 2.11. The van der Waals surface area contributed by atoms with Crippen molar-refractivity contribution in [1.82, 2.24) is 5.32 Å². The molecule has 6 nitrogen and oxygen atoms in total. The van der Waals surface area contributed by atoms with Crippen LogP contribution in [0.15, 0.2) is 18.2 Å². The van der Waals surface area contributed by atoms with Crippen molar-refractivity contribution in [2.75, 3.05) is 20.3 Å². The lowest BCUT2D eigenvalue weighted by atomic mass is 9.86. The zero-order valence-electron chi connectivity index (χ0n) is 13.5. The summed E-state index contributed by atoms with van der Waals surface area (Å²) in [6, 6.07) is 4.27. The van der Waals surface area contributed by atoms with E-state index in [0.29, 0.717) is 23.8 Å². The molecule has 23 heavy (non-hydrogen) atoms. The molecule has 0 aliphatic heterocycles. The van der Waals surface area contributed by atoms with Crippen molar-refractivity contribution < 1.29 is 24.2 Å². The van der Waals surface area contributed by atoms with E-state index in [2.05, 4.69) is 5.32 Å². The van der Waals surface area contributed by atoms with Crippen molar-refractivity contribution in [3.63, 3.8) is 0 Å². The van der Waals surface area contributed by atoms with E-state index < -0.39 is 5.97 Å². The monoisotopic (exact) mass is 321 g/mol. The number of carbonyl (C=O) groups is 2. The van der Waals surface area contributed by atoms with E-state index in [1.165, 1.54) is 19.6 Å². The zero-order valence-corrected chi connectivity index (χ0v) is 13.5. The Bertz CT molecular complexity index is 568. The molecule has 1 amide bonds. The van der Waals surface area contributed by atoms with E-state index in [9.17, 15) is 9.59 Å². The van der Waals surface area contributed by atoms with Crippen LogP contribution in [0.3, 0.4) is 0 Å². The van der Waals surface area contributed by atoms with Crippen LogP contribution in [0.2, 0.25) is 0 Å². The van der Waals surface area contributed by atoms with Crippen LogP contribution in [-0.2, 0) is 4.74 Å². The quantitative estimate of drug-likeness (QED) is 0.748. The van der Waals surface area contributed by atoms with Crippen LogP contribution in [0.25, 0.3) is 0 Å². The van der Waals surface area contributed by atoms with Crippen molar-refractivity contribution in [2.45, 2.75) is 32.2 Å². The topological polar surface area (TPSA) is 84.9 Å². The van der Waals surface area contributed by atoms with Crippen LogP contribution in [0.4, 0.5) is 0 Å². The van der Waals surface area contributed by atoms with Gasteiger partial charge in [0.2, 0.25) is 0 Å². The standard InChI is InChI=1S/C17H23NO5/c1-11(9-19)18-16(20)13-6-14(17(21)22-2)8-15(7-13)23-10-12-4-3-5-12/h6-8,11-12,19H,3-5,9-10H2,1-2H3,(H,18,20). The van der Waals surface area contributed by atoms with Crippen LogP contribution < -0.4 is 10.1 Å². The number of benzene rings is 1. The predicted octanol–water partition coefficient (Wildman–Crippen LogP) is 1.76. The molecule has 1 atom stereocenters. The molecule has 2 N–H and O–H groups in total. The molecular weight excluding hydrogens is 298 g/mol. The predicted molar refractivity (Wildman–Crippen MR) is 84.6 cm³/mol. The molecule has 2 rings (SSSR count). The summed E-state index contributed by atoms with van der Waals surface area (Å²) >= 11 is 0. The largest absolute Gasteiger partial charge is 0.493 e. The molecule has 0 spiro atoms. The van der Waals surface area contributed by atoms with Gasteiger partial charge in [-0.1, -0.05) is 6.42 Å². The number of hydrogen-bond acceptors (Lipinski definition) is 5. The molecule has 1 saturated carbocycles. The van der Waals surface area contributed by atoms with E-state index in [4.69, 9.17) is 14.6 Å². The van der Waals surface area contributed by atoms with Crippen molar-refractivity contribution in [3.8, 4) is 5.75 Å². The number of nitrogens with one attached hydrogen (secondary N) is 1. The molecule has 0 bridgehead atoms. The van der Waals surface area contributed by atoms with Crippen LogP contribution >= 0.6 is 0 Å². The van der Waals surface area contributed by atoms with Crippen molar-refractivity contribution >= 4 is 11.9 Å². The molecule has 0 radical (unpaired) electrons. The number of ether oxygens (including phenoxy) is 2. The summed E-state index contributed by atoms with van der Waals surface area (Å²) in [6.07, 6.45) is 3.53. The van der Waals surface area contributed by atoms with Gasteiger partial charge >= 0.3 is 5.97 Å². The third kappa shape index (κ3) is 4.69. The number of carbonyl (C=O) groups excluding carboxylic acids is 2. The second-order valence-corrected chi connectivity index (χ2v) is 5.90. The Morgan fingerprint density at radius 1 is 1.30 bits per heavy atom. The Labute approximate surface area is 135 Å².